The highest BCUT2D eigenvalue weighted by atomic mass is 79.9. The van der Waals surface area contributed by atoms with Crippen LogP contribution in [0.1, 0.15) is 18.9 Å². The van der Waals surface area contributed by atoms with Gasteiger partial charge in [0.25, 0.3) is 5.89 Å². The van der Waals surface area contributed by atoms with Crippen LogP contribution >= 0.6 is 15.9 Å². The number of halogens is 1. The lowest BCUT2D eigenvalue weighted by molar-refractivity contribution is 0.184. The van der Waals surface area contributed by atoms with Crippen LogP contribution in [0.3, 0.4) is 0 Å². The maximum absolute atomic E-state index is 9.23. The molecule has 2 aromatic heterocycles. The molecule has 15 heavy (non-hydrogen) atoms. The predicted molar refractivity (Wildman–Crippen MR) is 55.9 cm³/mol. The Bertz CT molecular complexity index is 470. The van der Waals surface area contributed by atoms with Gasteiger partial charge >= 0.3 is 0 Å². The molecule has 0 saturated heterocycles. The molecule has 0 fully saturated rings. The molecule has 2 heterocycles. The second-order valence-electron chi connectivity index (χ2n) is 3.03. The van der Waals surface area contributed by atoms with E-state index in [0.717, 1.165) is 4.47 Å². The highest BCUT2D eigenvalue weighted by molar-refractivity contribution is 9.10. The van der Waals surface area contributed by atoms with Crippen molar-refractivity contribution in [2.24, 2.45) is 0 Å². The summed E-state index contributed by atoms with van der Waals surface area (Å²) in [5, 5.41) is 12.9. The number of nitrogens with zero attached hydrogens (tertiary/aromatic N) is 3. The Kier molecular flexibility index (Phi) is 2.79. The molecule has 1 unspecified atom stereocenters. The minimum absolute atomic E-state index is 0.268. The normalized spacial score (nSPS) is 12.7. The zero-order valence-corrected chi connectivity index (χ0v) is 9.47. The molecule has 0 spiro atoms. The second-order valence-corrected chi connectivity index (χ2v) is 3.94. The first kappa shape index (κ1) is 10.3. The van der Waals surface area contributed by atoms with E-state index in [1.807, 2.05) is 6.07 Å². The fourth-order valence-corrected chi connectivity index (χ4v) is 1.42. The Labute approximate surface area is 94.3 Å². The van der Waals surface area contributed by atoms with Gasteiger partial charge in [-0.1, -0.05) is 5.16 Å². The molecule has 78 valence electrons. The maximum Gasteiger partial charge on any atom is 0.259 e. The lowest BCUT2D eigenvalue weighted by Gasteiger charge is -1.94. The summed E-state index contributed by atoms with van der Waals surface area (Å²) in [6.07, 6.45) is 2.54. The van der Waals surface area contributed by atoms with Crippen LogP contribution in [0.5, 0.6) is 0 Å². The van der Waals surface area contributed by atoms with Gasteiger partial charge in [0, 0.05) is 16.9 Å². The van der Waals surface area contributed by atoms with Gasteiger partial charge in [0.05, 0.1) is 5.56 Å². The van der Waals surface area contributed by atoms with Gasteiger partial charge in [0.2, 0.25) is 0 Å². The number of hydrogen-bond donors (Lipinski definition) is 1. The van der Waals surface area contributed by atoms with Crippen molar-refractivity contribution in [3.8, 4) is 11.5 Å². The molecule has 2 rings (SSSR count). The maximum atomic E-state index is 9.23. The number of rotatable bonds is 2. The molecular formula is C9H8BrN3O2. The largest absolute Gasteiger partial charge is 0.385 e. The topological polar surface area (TPSA) is 72.0 Å². The molecule has 6 heteroatoms. The summed E-state index contributed by atoms with van der Waals surface area (Å²) in [4.78, 5) is 8.01. The third-order valence-electron chi connectivity index (χ3n) is 1.77. The van der Waals surface area contributed by atoms with Crippen molar-refractivity contribution < 1.29 is 9.63 Å². The molecule has 1 N–H and O–H groups in total. The van der Waals surface area contributed by atoms with Gasteiger partial charge in [0.15, 0.2) is 5.82 Å². The summed E-state index contributed by atoms with van der Waals surface area (Å²) in [5.41, 5.74) is 0.712. The number of hydrogen-bond acceptors (Lipinski definition) is 5. The number of aliphatic hydroxyl groups excluding tert-OH is 1. The smallest absolute Gasteiger partial charge is 0.259 e. The van der Waals surface area contributed by atoms with Crippen molar-refractivity contribution in [3.05, 3.63) is 28.8 Å². The third kappa shape index (κ3) is 2.21. The second kappa shape index (κ2) is 4.08. The Balaban J connectivity index is 2.37. The minimum Gasteiger partial charge on any atom is -0.385 e. The lowest BCUT2D eigenvalue weighted by atomic mass is 10.3. The molecular weight excluding hydrogens is 262 g/mol. The van der Waals surface area contributed by atoms with E-state index in [0.29, 0.717) is 11.5 Å². The van der Waals surface area contributed by atoms with Crippen molar-refractivity contribution in [1.29, 1.82) is 0 Å². The zero-order valence-electron chi connectivity index (χ0n) is 7.88. The van der Waals surface area contributed by atoms with Crippen molar-refractivity contribution in [1.82, 2.24) is 15.1 Å². The quantitative estimate of drug-likeness (QED) is 0.902. The molecule has 0 aliphatic heterocycles. The predicted octanol–water partition coefficient (Wildman–Crippen LogP) is 1.95. The highest BCUT2D eigenvalue weighted by Gasteiger charge is 2.12. The van der Waals surface area contributed by atoms with Crippen molar-refractivity contribution >= 4 is 15.9 Å². The SMILES string of the molecule is CC(O)c1noc(-c2cncc(Br)c2)n1. The summed E-state index contributed by atoms with van der Waals surface area (Å²) >= 11 is 3.29. The van der Waals surface area contributed by atoms with Crippen molar-refractivity contribution in [3.63, 3.8) is 0 Å². The summed E-state index contributed by atoms with van der Waals surface area (Å²) < 4.78 is 5.82. The number of aromatic nitrogens is 3. The van der Waals surface area contributed by atoms with E-state index in [-0.39, 0.29) is 5.82 Å². The first-order valence-electron chi connectivity index (χ1n) is 4.29. The van der Waals surface area contributed by atoms with Crippen LogP contribution in [0.2, 0.25) is 0 Å². The van der Waals surface area contributed by atoms with Gasteiger partial charge in [-0.15, -0.1) is 0 Å². The van der Waals surface area contributed by atoms with E-state index in [1.54, 1.807) is 19.3 Å². The first-order chi connectivity index (χ1) is 7.16. The van der Waals surface area contributed by atoms with E-state index < -0.39 is 6.10 Å². The Morgan fingerprint density at radius 3 is 2.87 bits per heavy atom. The van der Waals surface area contributed by atoms with Crippen LogP contribution in [0.4, 0.5) is 0 Å². The zero-order chi connectivity index (χ0) is 10.8. The summed E-state index contributed by atoms with van der Waals surface area (Å²) in [6, 6.07) is 1.81. The Morgan fingerprint density at radius 1 is 1.47 bits per heavy atom. The molecule has 5 nitrogen and oxygen atoms in total. The molecule has 0 bridgehead atoms. The van der Waals surface area contributed by atoms with Crippen molar-refractivity contribution in [2.75, 3.05) is 0 Å². The molecule has 0 saturated carbocycles. The molecule has 1 atom stereocenters. The molecule has 0 radical (unpaired) electrons. The van der Waals surface area contributed by atoms with Gasteiger partial charge in [0.1, 0.15) is 6.10 Å². The van der Waals surface area contributed by atoms with E-state index in [9.17, 15) is 5.11 Å². The van der Waals surface area contributed by atoms with Gasteiger partial charge in [-0.25, -0.2) is 0 Å². The molecule has 0 aliphatic carbocycles. The van der Waals surface area contributed by atoms with Crippen molar-refractivity contribution in [2.45, 2.75) is 13.0 Å². The Morgan fingerprint density at radius 2 is 2.27 bits per heavy atom. The monoisotopic (exact) mass is 269 g/mol. The average molecular weight is 270 g/mol. The van der Waals surface area contributed by atoms with Crippen LogP contribution in [-0.2, 0) is 0 Å². The van der Waals surface area contributed by atoms with Gasteiger partial charge in [-0.2, -0.15) is 4.98 Å². The number of aliphatic hydroxyl groups is 1. The van der Waals surface area contributed by atoms with Crippen LogP contribution in [-0.4, -0.2) is 20.2 Å². The minimum atomic E-state index is -0.734. The molecule has 0 aromatic carbocycles. The molecule has 0 amide bonds. The van der Waals surface area contributed by atoms with Crippen LogP contribution in [0.15, 0.2) is 27.5 Å². The first-order valence-corrected chi connectivity index (χ1v) is 5.08. The third-order valence-corrected chi connectivity index (χ3v) is 2.20. The van der Waals surface area contributed by atoms with E-state index in [1.165, 1.54) is 0 Å². The fourth-order valence-electron chi connectivity index (χ4n) is 1.05. The summed E-state index contributed by atoms with van der Waals surface area (Å²) in [7, 11) is 0. The van der Waals surface area contributed by atoms with Crippen LogP contribution in [0.25, 0.3) is 11.5 Å². The Hall–Kier alpha value is -1.27. The standard InChI is InChI=1S/C9H8BrN3O2/c1-5(14)8-12-9(15-13-8)6-2-7(10)4-11-3-6/h2-5,14H,1H3. The van der Waals surface area contributed by atoms with Crippen LogP contribution in [0, 0.1) is 0 Å². The van der Waals surface area contributed by atoms with E-state index in [4.69, 9.17) is 4.52 Å². The number of pyridine rings is 1. The lowest BCUT2D eigenvalue weighted by Crippen LogP contribution is -1.93. The van der Waals surface area contributed by atoms with Gasteiger partial charge < -0.3 is 9.63 Å². The molecule has 2 aromatic rings. The van der Waals surface area contributed by atoms with Crippen LogP contribution < -0.4 is 0 Å². The summed E-state index contributed by atoms with van der Waals surface area (Å²) in [6.45, 7) is 1.58. The highest BCUT2D eigenvalue weighted by Crippen LogP contribution is 2.21. The van der Waals surface area contributed by atoms with E-state index in [2.05, 4.69) is 31.1 Å². The average Bonchev–Trinajstić information content (AvgIpc) is 2.66. The van der Waals surface area contributed by atoms with E-state index >= 15 is 0 Å². The summed E-state index contributed by atoms with van der Waals surface area (Å²) in [5.74, 6) is 0.615. The van der Waals surface area contributed by atoms with Gasteiger partial charge in [-0.05, 0) is 28.9 Å². The van der Waals surface area contributed by atoms with Gasteiger partial charge in [-0.3, -0.25) is 4.98 Å². The molecule has 0 aliphatic rings. The fraction of sp³-hybridized carbons (Fsp3) is 0.222.